The van der Waals surface area contributed by atoms with E-state index in [0.717, 1.165) is 33.4 Å². The second kappa shape index (κ2) is 5.86. The van der Waals surface area contributed by atoms with E-state index in [0.29, 0.717) is 5.56 Å². The van der Waals surface area contributed by atoms with Crippen LogP contribution in [-0.2, 0) is 0 Å². The average Bonchev–Trinajstić information content (AvgIpc) is 3.10. The molecule has 0 amide bonds. The van der Waals surface area contributed by atoms with Gasteiger partial charge in [0.1, 0.15) is 6.07 Å². The van der Waals surface area contributed by atoms with E-state index in [4.69, 9.17) is 0 Å². The molecule has 3 aromatic heterocycles. The zero-order chi connectivity index (χ0) is 16.4. The van der Waals surface area contributed by atoms with E-state index in [1.54, 1.807) is 24.8 Å². The van der Waals surface area contributed by atoms with Crippen LogP contribution < -0.4 is 5.32 Å². The largest absolute Gasteiger partial charge is 0.361 e. The normalized spacial score (nSPS) is 10.5. The fourth-order valence-corrected chi connectivity index (χ4v) is 2.70. The molecule has 0 saturated heterocycles. The van der Waals surface area contributed by atoms with E-state index in [1.165, 1.54) is 0 Å². The highest BCUT2D eigenvalue weighted by Crippen LogP contribution is 2.32. The van der Waals surface area contributed by atoms with Gasteiger partial charge in [0.15, 0.2) is 0 Å². The van der Waals surface area contributed by atoms with E-state index < -0.39 is 0 Å². The fourth-order valence-electron chi connectivity index (χ4n) is 2.70. The van der Waals surface area contributed by atoms with Crippen molar-refractivity contribution in [1.29, 1.82) is 5.26 Å². The molecule has 4 rings (SSSR count). The Bertz CT molecular complexity index is 1040. The van der Waals surface area contributed by atoms with Crippen LogP contribution in [0.3, 0.4) is 0 Å². The zero-order valence-corrected chi connectivity index (χ0v) is 12.7. The first kappa shape index (κ1) is 14.0. The van der Waals surface area contributed by atoms with Gasteiger partial charge in [-0.15, -0.1) is 0 Å². The number of nitrogens with one attached hydrogen (secondary N) is 2. The molecule has 0 spiro atoms. The summed E-state index contributed by atoms with van der Waals surface area (Å²) in [6.07, 6.45) is 8.70. The molecule has 0 aliphatic rings. The maximum Gasteiger partial charge on any atom is 0.103 e. The molecule has 0 radical (unpaired) electrons. The summed E-state index contributed by atoms with van der Waals surface area (Å²) in [4.78, 5) is 11.5. The van der Waals surface area contributed by atoms with Crippen LogP contribution in [0.5, 0.6) is 0 Å². The molecule has 3 heterocycles. The Morgan fingerprint density at radius 1 is 1.04 bits per heavy atom. The molecule has 1 aromatic carbocycles. The standard InChI is InChI=1S/C19H13N5/c20-9-15-11-22-12-17(14-2-1-6-21-10-14)19(15)24-16-3-4-18-13(8-16)5-7-23-18/h1-8,10-12,23H,(H,22,24). The van der Waals surface area contributed by atoms with Crippen molar-refractivity contribution < 1.29 is 0 Å². The van der Waals surface area contributed by atoms with Crippen molar-refractivity contribution in [3.05, 3.63) is 72.9 Å². The molecule has 0 aliphatic carbocycles. The highest BCUT2D eigenvalue weighted by atomic mass is 14.9. The van der Waals surface area contributed by atoms with Crippen LogP contribution in [0.4, 0.5) is 11.4 Å². The first-order valence-corrected chi connectivity index (χ1v) is 7.48. The van der Waals surface area contributed by atoms with Gasteiger partial charge in [-0.25, -0.2) is 0 Å². The predicted octanol–water partition coefficient (Wildman–Crippen LogP) is 4.24. The second-order valence-corrected chi connectivity index (χ2v) is 5.37. The van der Waals surface area contributed by atoms with Crippen LogP contribution >= 0.6 is 0 Å². The topological polar surface area (TPSA) is 77.4 Å². The maximum absolute atomic E-state index is 9.46. The van der Waals surface area contributed by atoms with Crippen molar-refractivity contribution in [1.82, 2.24) is 15.0 Å². The molecule has 5 heteroatoms. The number of hydrogen-bond acceptors (Lipinski definition) is 4. The number of fused-ring (bicyclic) bond motifs is 1. The summed E-state index contributed by atoms with van der Waals surface area (Å²) >= 11 is 0. The van der Waals surface area contributed by atoms with E-state index >= 15 is 0 Å². The molecular formula is C19H13N5. The summed E-state index contributed by atoms with van der Waals surface area (Å²) in [6.45, 7) is 0. The first-order valence-electron chi connectivity index (χ1n) is 7.48. The first-order chi connectivity index (χ1) is 11.8. The summed E-state index contributed by atoms with van der Waals surface area (Å²) in [5.74, 6) is 0. The Labute approximate surface area is 138 Å². The third-order valence-electron chi connectivity index (χ3n) is 3.86. The molecule has 24 heavy (non-hydrogen) atoms. The van der Waals surface area contributed by atoms with Crippen molar-refractivity contribution in [3.63, 3.8) is 0 Å². The van der Waals surface area contributed by atoms with Gasteiger partial charge in [-0.2, -0.15) is 5.26 Å². The number of H-pyrrole nitrogens is 1. The molecule has 0 atom stereocenters. The van der Waals surface area contributed by atoms with Gasteiger partial charge in [0, 0.05) is 58.7 Å². The van der Waals surface area contributed by atoms with Gasteiger partial charge in [-0.05, 0) is 30.3 Å². The lowest BCUT2D eigenvalue weighted by Gasteiger charge is -2.13. The number of hydrogen-bond donors (Lipinski definition) is 2. The summed E-state index contributed by atoms with van der Waals surface area (Å²) in [7, 11) is 0. The van der Waals surface area contributed by atoms with Crippen LogP contribution in [0.2, 0.25) is 0 Å². The van der Waals surface area contributed by atoms with Gasteiger partial charge in [0.2, 0.25) is 0 Å². The monoisotopic (exact) mass is 311 g/mol. The SMILES string of the molecule is N#Cc1cncc(-c2cccnc2)c1Nc1ccc2[nH]ccc2c1. The van der Waals surface area contributed by atoms with Crippen molar-refractivity contribution in [3.8, 4) is 17.2 Å². The molecule has 114 valence electrons. The third kappa shape index (κ3) is 2.46. The lowest BCUT2D eigenvalue weighted by atomic mass is 10.0. The van der Waals surface area contributed by atoms with Gasteiger partial charge in [-0.3, -0.25) is 9.97 Å². The van der Waals surface area contributed by atoms with Crippen LogP contribution in [0.25, 0.3) is 22.0 Å². The molecule has 4 aromatic rings. The summed E-state index contributed by atoms with van der Waals surface area (Å²) in [5.41, 5.74) is 4.96. The fraction of sp³-hybridized carbons (Fsp3) is 0. The third-order valence-corrected chi connectivity index (χ3v) is 3.86. The quantitative estimate of drug-likeness (QED) is 0.593. The smallest absolute Gasteiger partial charge is 0.103 e. The average molecular weight is 311 g/mol. The molecule has 0 aliphatic heterocycles. The number of benzene rings is 1. The van der Waals surface area contributed by atoms with Crippen molar-refractivity contribution in [2.75, 3.05) is 5.32 Å². The molecule has 0 unspecified atom stereocenters. The van der Waals surface area contributed by atoms with E-state index in [-0.39, 0.29) is 0 Å². The highest BCUT2D eigenvalue weighted by Gasteiger charge is 2.12. The molecule has 5 nitrogen and oxygen atoms in total. The molecule has 2 N–H and O–H groups in total. The van der Waals surface area contributed by atoms with Gasteiger partial charge in [-0.1, -0.05) is 6.07 Å². The zero-order valence-electron chi connectivity index (χ0n) is 12.7. The van der Waals surface area contributed by atoms with Crippen LogP contribution in [0.15, 0.2) is 67.4 Å². The number of aromatic nitrogens is 3. The molecule has 0 bridgehead atoms. The van der Waals surface area contributed by atoms with Crippen molar-refractivity contribution in [2.24, 2.45) is 0 Å². The molecular weight excluding hydrogens is 298 g/mol. The van der Waals surface area contributed by atoms with Gasteiger partial charge < -0.3 is 10.3 Å². The number of nitrogens with zero attached hydrogens (tertiary/aromatic N) is 3. The number of anilines is 2. The number of aromatic amines is 1. The highest BCUT2D eigenvalue weighted by molar-refractivity contribution is 5.88. The van der Waals surface area contributed by atoms with E-state index in [2.05, 4.69) is 26.3 Å². The van der Waals surface area contributed by atoms with Crippen molar-refractivity contribution in [2.45, 2.75) is 0 Å². The van der Waals surface area contributed by atoms with Crippen LogP contribution in [-0.4, -0.2) is 15.0 Å². The Morgan fingerprint density at radius 2 is 2.00 bits per heavy atom. The maximum atomic E-state index is 9.46. The van der Waals surface area contributed by atoms with Crippen molar-refractivity contribution >= 4 is 22.3 Å². The van der Waals surface area contributed by atoms with E-state index in [1.807, 2.05) is 42.6 Å². The number of nitriles is 1. The minimum absolute atomic E-state index is 0.491. The summed E-state index contributed by atoms with van der Waals surface area (Å²) < 4.78 is 0. The molecule has 0 saturated carbocycles. The Morgan fingerprint density at radius 3 is 2.83 bits per heavy atom. The van der Waals surface area contributed by atoms with Gasteiger partial charge >= 0.3 is 0 Å². The van der Waals surface area contributed by atoms with E-state index in [9.17, 15) is 5.26 Å². The minimum atomic E-state index is 0.491. The number of rotatable bonds is 3. The summed E-state index contributed by atoms with van der Waals surface area (Å²) in [6, 6.07) is 14.1. The lowest BCUT2D eigenvalue weighted by molar-refractivity contribution is 1.28. The second-order valence-electron chi connectivity index (χ2n) is 5.37. The van der Waals surface area contributed by atoms with Gasteiger partial charge in [0.05, 0.1) is 11.3 Å². The lowest BCUT2D eigenvalue weighted by Crippen LogP contribution is -1.98. The molecule has 0 fully saturated rings. The van der Waals surface area contributed by atoms with Crippen LogP contribution in [0, 0.1) is 11.3 Å². The summed E-state index contributed by atoms with van der Waals surface area (Å²) in [5, 5.41) is 13.9. The Balaban J connectivity index is 1.83. The number of pyridine rings is 2. The minimum Gasteiger partial charge on any atom is -0.361 e. The van der Waals surface area contributed by atoms with Gasteiger partial charge in [0.25, 0.3) is 0 Å². The van der Waals surface area contributed by atoms with Crippen LogP contribution in [0.1, 0.15) is 5.56 Å². The Kier molecular flexibility index (Phi) is 3.41. The Hall–Kier alpha value is -3.65. The predicted molar refractivity (Wildman–Crippen MR) is 93.8 cm³/mol.